The average Bonchev–Trinajstić information content (AvgIpc) is 2.18. The van der Waals surface area contributed by atoms with Crippen molar-refractivity contribution in [3.8, 4) is 0 Å². The lowest BCUT2D eigenvalue weighted by atomic mass is 10.1. The molecule has 0 aliphatic heterocycles. The molecule has 0 spiro atoms. The molecular formula is C12H18N2O. The zero-order valence-electron chi connectivity index (χ0n) is 9.74. The zero-order chi connectivity index (χ0) is 11.4. The zero-order valence-corrected chi connectivity index (χ0v) is 9.74. The summed E-state index contributed by atoms with van der Waals surface area (Å²) in [5.74, 6) is 1.07. The van der Waals surface area contributed by atoms with Crippen molar-refractivity contribution in [2.75, 3.05) is 5.32 Å². The summed E-state index contributed by atoms with van der Waals surface area (Å²) in [6.07, 6.45) is 1.81. The minimum atomic E-state index is -0.0171. The molecule has 3 nitrogen and oxygen atoms in total. The number of pyridine rings is 1. The Labute approximate surface area is 90.9 Å². The van der Waals surface area contributed by atoms with Gasteiger partial charge in [-0.3, -0.25) is 4.79 Å². The van der Waals surface area contributed by atoms with E-state index < -0.39 is 0 Å². The lowest BCUT2D eigenvalue weighted by molar-refractivity contribution is -0.118. The van der Waals surface area contributed by atoms with Crippen LogP contribution in [0.15, 0.2) is 18.3 Å². The van der Waals surface area contributed by atoms with Gasteiger partial charge in [0.15, 0.2) is 0 Å². The standard InChI is InChI=1S/C12H18N2O/c1-8(2)10-5-6-11(13-7-10)14-12(15)9(3)4/h5-9H,1-4H3,(H,13,14,15). The van der Waals surface area contributed by atoms with E-state index in [0.717, 1.165) is 0 Å². The minimum absolute atomic E-state index is 0.000188. The molecule has 1 aromatic heterocycles. The summed E-state index contributed by atoms with van der Waals surface area (Å²) < 4.78 is 0. The summed E-state index contributed by atoms with van der Waals surface area (Å²) >= 11 is 0. The number of rotatable bonds is 3. The fourth-order valence-electron chi connectivity index (χ4n) is 1.09. The van der Waals surface area contributed by atoms with Crippen LogP contribution in [0.2, 0.25) is 0 Å². The molecule has 1 heterocycles. The first-order chi connectivity index (χ1) is 7.00. The highest BCUT2D eigenvalue weighted by Gasteiger charge is 2.07. The number of aromatic nitrogens is 1. The molecular weight excluding hydrogens is 188 g/mol. The van der Waals surface area contributed by atoms with Gasteiger partial charge in [-0.15, -0.1) is 0 Å². The molecule has 0 aromatic carbocycles. The van der Waals surface area contributed by atoms with E-state index in [2.05, 4.69) is 24.1 Å². The molecule has 1 rings (SSSR count). The van der Waals surface area contributed by atoms with E-state index in [9.17, 15) is 4.79 Å². The Morgan fingerprint density at radius 3 is 2.33 bits per heavy atom. The van der Waals surface area contributed by atoms with Crippen LogP contribution in [0.3, 0.4) is 0 Å². The van der Waals surface area contributed by atoms with Crippen LogP contribution in [0.25, 0.3) is 0 Å². The Morgan fingerprint density at radius 1 is 1.27 bits per heavy atom. The van der Waals surface area contributed by atoms with E-state index in [1.165, 1.54) is 5.56 Å². The van der Waals surface area contributed by atoms with Gasteiger partial charge in [-0.2, -0.15) is 0 Å². The van der Waals surface area contributed by atoms with Gasteiger partial charge in [0.05, 0.1) is 0 Å². The van der Waals surface area contributed by atoms with Gasteiger partial charge in [-0.1, -0.05) is 33.8 Å². The molecule has 3 heteroatoms. The molecule has 0 aliphatic rings. The highest BCUT2D eigenvalue weighted by molar-refractivity contribution is 5.91. The number of hydrogen-bond donors (Lipinski definition) is 1. The second-order valence-corrected chi connectivity index (χ2v) is 4.28. The van der Waals surface area contributed by atoms with Crippen molar-refractivity contribution >= 4 is 11.7 Å². The molecule has 0 fully saturated rings. The van der Waals surface area contributed by atoms with Gasteiger partial charge in [-0.05, 0) is 17.5 Å². The largest absolute Gasteiger partial charge is 0.310 e. The van der Waals surface area contributed by atoms with Crippen molar-refractivity contribution < 1.29 is 4.79 Å². The highest BCUT2D eigenvalue weighted by Crippen LogP contribution is 2.14. The quantitative estimate of drug-likeness (QED) is 0.826. The Kier molecular flexibility index (Phi) is 3.83. The third-order valence-electron chi connectivity index (χ3n) is 2.23. The summed E-state index contributed by atoms with van der Waals surface area (Å²) in [6.45, 7) is 7.95. The average molecular weight is 206 g/mol. The minimum Gasteiger partial charge on any atom is -0.310 e. The van der Waals surface area contributed by atoms with Crippen LogP contribution in [0.4, 0.5) is 5.82 Å². The first kappa shape index (κ1) is 11.7. The normalized spacial score (nSPS) is 10.8. The van der Waals surface area contributed by atoms with Crippen LogP contribution in [0.5, 0.6) is 0 Å². The van der Waals surface area contributed by atoms with Crippen molar-refractivity contribution in [1.82, 2.24) is 4.98 Å². The van der Waals surface area contributed by atoms with Crippen LogP contribution in [0, 0.1) is 5.92 Å². The third kappa shape index (κ3) is 3.35. The first-order valence-corrected chi connectivity index (χ1v) is 5.27. The molecule has 0 bridgehead atoms. The third-order valence-corrected chi connectivity index (χ3v) is 2.23. The molecule has 0 saturated heterocycles. The fraction of sp³-hybridized carbons (Fsp3) is 0.500. The molecule has 1 amide bonds. The van der Waals surface area contributed by atoms with E-state index in [1.54, 1.807) is 6.20 Å². The summed E-state index contributed by atoms with van der Waals surface area (Å²) in [5.41, 5.74) is 1.18. The Balaban J connectivity index is 2.69. The number of amides is 1. The van der Waals surface area contributed by atoms with Crippen molar-refractivity contribution in [2.24, 2.45) is 5.92 Å². The fourth-order valence-corrected chi connectivity index (χ4v) is 1.09. The lowest BCUT2D eigenvalue weighted by Gasteiger charge is -2.08. The monoisotopic (exact) mass is 206 g/mol. The second-order valence-electron chi connectivity index (χ2n) is 4.28. The second kappa shape index (κ2) is 4.91. The molecule has 0 saturated carbocycles. The van der Waals surface area contributed by atoms with Crippen LogP contribution in [0.1, 0.15) is 39.2 Å². The maximum atomic E-state index is 11.4. The summed E-state index contributed by atoms with van der Waals surface area (Å²) in [6, 6.07) is 3.84. The van der Waals surface area contributed by atoms with Gasteiger partial charge in [0.1, 0.15) is 5.82 Å². The van der Waals surface area contributed by atoms with E-state index in [-0.39, 0.29) is 11.8 Å². The van der Waals surface area contributed by atoms with Crippen molar-refractivity contribution in [3.05, 3.63) is 23.9 Å². The van der Waals surface area contributed by atoms with Gasteiger partial charge >= 0.3 is 0 Å². The Morgan fingerprint density at radius 2 is 1.93 bits per heavy atom. The first-order valence-electron chi connectivity index (χ1n) is 5.27. The number of carbonyl (C=O) groups is 1. The maximum Gasteiger partial charge on any atom is 0.228 e. The SMILES string of the molecule is CC(C)C(=O)Nc1ccc(C(C)C)cn1. The predicted octanol–water partition coefficient (Wildman–Crippen LogP) is 2.80. The molecule has 0 atom stereocenters. The summed E-state index contributed by atoms with van der Waals surface area (Å²) in [5, 5.41) is 2.76. The van der Waals surface area contributed by atoms with Crippen molar-refractivity contribution in [2.45, 2.75) is 33.6 Å². The van der Waals surface area contributed by atoms with Crippen molar-refractivity contribution in [3.63, 3.8) is 0 Å². The lowest BCUT2D eigenvalue weighted by Crippen LogP contribution is -2.18. The van der Waals surface area contributed by atoms with E-state index in [4.69, 9.17) is 0 Å². The molecule has 82 valence electrons. The molecule has 0 aliphatic carbocycles. The molecule has 1 aromatic rings. The number of carbonyl (C=O) groups excluding carboxylic acids is 1. The number of nitrogens with one attached hydrogen (secondary N) is 1. The predicted molar refractivity (Wildman–Crippen MR) is 61.8 cm³/mol. The highest BCUT2D eigenvalue weighted by atomic mass is 16.1. The van der Waals surface area contributed by atoms with Crippen LogP contribution in [-0.4, -0.2) is 10.9 Å². The smallest absolute Gasteiger partial charge is 0.228 e. The van der Waals surface area contributed by atoms with E-state index in [1.807, 2.05) is 26.0 Å². The number of nitrogens with zero attached hydrogens (tertiary/aromatic N) is 1. The van der Waals surface area contributed by atoms with Crippen LogP contribution < -0.4 is 5.32 Å². The van der Waals surface area contributed by atoms with E-state index >= 15 is 0 Å². The number of hydrogen-bond acceptors (Lipinski definition) is 2. The van der Waals surface area contributed by atoms with Crippen LogP contribution >= 0.6 is 0 Å². The molecule has 0 radical (unpaired) electrons. The van der Waals surface area contributed by atoms with Gasteiger partial charge in [0.2, 0.25) is 5.91 Å². The maximum absolute atomic E-state index is 11.4. The Hall–Kier alpha value is -1.38. The van der Waals surface area contributed by atoms with Crippen LogP contribution in [-0.2, 0) is 4.79 Å². The van der Waals surface area contributed by atoms with Gasteiger partial charge in [0.25, 0.3) is 0 Å². The van der Waals surface area contributed by atoms with Gasteiger partial charge in [-0.25, -0.2) is 4.98 Å². The van der Waals surface area contributed by atoms with Gasteiger partial charge < -0.3 is 5.32 Å². The Bertz CT molecular complexity index is 328. The van der Waals surface area contributed by atoms with Gasteiger partial charge in [0, 0.05) is 12.1 Å². The molecule has 1 N–H and O–H groups in total. The summed E-state index contributed by atoms with van der Waals surface area (Å²) in [7, 11) is 0. The van der Waals surface area contributed by atoms with E-state index in [0.29, 0.717) is 11.7 Å². The molecule has 0 unspecified atom stereocenters. The molecule has 15 heavy (non-hydrogen) atoms. The number of anilines is 1. The summed E-state index contributed by atoms with van der Waals surface area (Å²) in [4.78, 5) is 15.6. The topological polar surface area (TPSA) is 42.0 Å². The van der Waals surface area contributed by atoms with Crippen molar-refractivity contribution in [1.29, 1.82) is 0 Å².